The van der Waals surface area contributed by atoms with E-state index in [9.17, 15) is 0 Å². The lowest BCUT2D eigenvalue weighted by Gasteiger charge is -2.15. The maximum atomic E-state index is 2.28. The number of rotatable bonds is 4. The molecule has 0 fully saturated rings. The van der Waals surface area contributed by atoms with Crippen LogP contribution in [0.4, 0.5) is 0 Å². The summed E-state index contributed by atoms with van der Waals surface area (Å²) in [4.78, 5) is 0. The van der Waals surface area contributed by atoms with Gasteiger partial charge in [-0.25, -0.2) is 0 Å². The number of hydrogen-bond acceptors (Lipinski definition) is 0. The van der Waals surface area contributed by atoms with Crippen molar-refractivity contribution in [2.24, 2.45) is 5.92 Å². The van der Waals surface area contributed by atoms with Crippen LogP contribution in [0.2, 0.25) is 0 Å². The Morgan fingerprint density at radius 2 is 1.14 bits per heavy atom. The van der Waals surface area contributed by atoms with E-state index in [4.69, 9.17) is 0 Å². The Balaban J connectivity index is 2.14. The highest BCUT2D eigenvalue weighted by atomic mass is 14.1. The lowest BCUT2D eigenvalue weighted by Crippen LogP contribution is -1.97. The summed E-state index contributed by atoms with van der Waals surface area (Å²) < 4.78 is 0. The average Bonchev–Trinajstić information content (AvgIpc) is 2.56. The number of benzene rings is 3. The van der Waals surface area contributed by atoms with E-state index in [1.54, 1.807) is 0 Å². The van der Waals surface area contributed by atoms with Crippen molar-refractivity contribution in [1.82, 2.24) is 0 Å². The van der Waals surface area contributed by atoms with Crippen molar-refractivity contribution in [3.05, 3.63) is 84.4 Å². The lowest BCUT2D eigenvalue weighted by atomic mass is 9.89. The summed E-state index contributed by atoms with van der Waals surface area (Å²) in [5, 5.41) is 0. The van der Waals surface area contributed by atoms with Crippen LogP contribution in [-0.4, -0.2) is 0 Å². The van der Waals surface area contributed by atoms with E-state index in [1.807, 2.05) is 0 Å². The molecule has 0 bridgehead atoms. The van der Waals surface area contributed by atoms with Gasteiger partial charge in [-0.15, -0.1) is 0 Å². The van der Waals surface area contributed by atoms with E-state index < -0.39 is 0 Å². The fourth-order valence-electron chi connectivity index (χ4n) is 2.99. The summed E-state index contributed by atoms with van der Waals surface area (Å²) in [6, 6.07) is 28.2. The van der Waals surface area contributed by atoms with Crippen LogP contribution in [-0.2, 0) is 6.42 Å². The Morgan fingerprint density at radius 1 is 0.591 bits per heavy atom. The summed E-state index contributed by atoms with van der Waals surface area (Å²) in [6.07, 6.45) is 1.11. The molecule has 0 aliphatic carbocycles. The van der Waals surface area contributed by atoms with Gasteiger partial charge in [0.05, 0.1) is 0 Å². The second-order valence-electron chi connectivity index (χ2n) is 6.17. The summed E-state index contributed by atoms with van der Waals surface area (Å²) in [5.41, 5.74) is 6.69. The van der Waals surface area contributed by atoms with Crippen LogP contribution in [0.1, 0.15) is 19.4 Å². The third-order valence-electron chi connectivity index (χ3n) is 3.95. The molecular weight excluding hydrogens is 264 g/mol. The van der Waals surface area contributed by atoms with Crippen molar-refractivity contribution in [3.63, 3.8) is 0 Å². The van der Waals surface area contributed by atoms with Crippen molar-refractivity contribution >= 4 is 0 Å². The quantitative estimate of drug-likeness (QED) is 0.534. The molecule has 0 amide bonds. The van der Waals surface area contributed by atoms with Gasteiger partial charge in [0, 0.05) is 0 Å². The highest BCUT2D eigenvalue weighted by Crippen LogP contribution is 2.34. The standard InChI is InChI=1S/C22H22/c1-17(2)16-19-12-6-7-14-21(19)22-15-9-8-13-20(22)18-10-4-3-5-11-18/h3-15,17H,16H2,1-2H3. The highest BCUT2D eigenvalue weighted by Gasteiger charge is 2.11. The molecule has 3 aromatic carbocycles. The molecule has 0 aromatic heterocycles. The highest BCUT2D eigenvalue weighted by molar-refractivity contribution is 5.84. The fourth-order valence-corrected chi connectivity index (χ4v) is 2.99. The van der Waals surface area contributed by atoms with Crippen LogP contribution in [0, 0.1) is 5.92 Å². The predicted octanol–water partition coefficient (Wildman–Crippen LogP) is 6.22. The van der Waals surface area contributed by atoms with Crippen molar-refractivity contribution < 1.29 is 0 Å². The van der Waals surface area contributed by atoms with E-state index in [-0.39, 0.29) is 0 Å². The molecule has 0 unspecified atom stereocenters. The molecule has 3 aromatic rings. The van der Waals surface area contributed by atoms with Gasteiger partial charge in [-0.3, -0.25) is 0 Å². The Labute approximate surface area is 133 Å². The first-order valence-corrected chi connectivity index (χ1v) is 7.98. The molecule has 0 aliphatic heterocycles. The van der Waals surface area contributed by atoms with E-state index in [0.717, 1.165) is 6.42 Å². The van der Waals surface area contributed by atoms with E-state index in [0.29, 0.717) is 5.92 Å². The summed E-state index contributed by atoms with van der Waals surface area (Å²) in [7, 11) is 0. The zero-order valence-electron chi connectivity index (χ0n) is 13.3. The predicted molar refractivity (Wildman–Crippen MR) is 95.9 cm³/mol. The largest absolute Gasteiger partial charge is 0.0625 e. The minimum Gasteiger partial charge on any atom is -0.0625 e. The Kier molecular flexibility index (Phi) is 4.39. The van der Waals surface area contributed by atoms with Gasteiger partial charge in [0.1, 0.15) is 0 Å². The third-order valence-corrected chi connectivity index (χ3v) is 3.95. The fraction of sp³-hybridized carbons (Fsp3) is 0.182. The van der Waals surface area contributed by atoms with Gasteiger partial charge in [-0.1, -0.05) is 92.7 Å². The molecule has 0 heteroatoms. The molecule has 22 heavy (non-hydrogen) atoms. The molecule has 0 radical (unpaired) electrons. The van der Waals surface area contributed by atoms with Gasteiger partial charge in [0.2, 0.25) is 0 Å². The van der Waals surface area contributed by atoms with Gasteiger partial charge in [0.15, 0.2) is 0 Å². The number of hydrogen-bond donors (Lipinski definition) is 0. The maximum absolute atomic E-state index is 2.28. The van der Waals surface area contributed by atoms with Crippen molar-refractivity contribution in [1.29, 1.82) is 0 Å². The SMILES string of the molecule is CC(C)Cc1ccccc1-c1ccccc1-c1ccccc1. The lowest BCUT2D eigenvalue weighted by molar-refractivity contribution is 0.648. The van der Waals surface area contributed by atoms with E-state index in [1.165, 1.54) is 27.8 Å². The monoisotopic (exact) mass is 286 g/mol. The molecule has 0 saturated heterocycles. The first-order chi connectivity index (χ1) is 10.8. The van der Waals surface area contributed by atoms with Gasteiger partial charge >= 0.3 is 0 Å². The van der Waals surface area contributed by atoms with Gasteiger partial charge < -0.3 is 0 Å². The third kappa shape index (κ3) is 3.12. The van der Waals surface area contributed by atoms with Crippen LogP contribution in [0.25, 0.3) is 22.3 Å². The van der Waals surface area contributed by atoms with E-state index in [2.05, 4.69) is 92.7 Å². The first-order valence-electron chi connectivity index (χ1n) is 7.98. The van der Waals surface area contributed by atoms with Crippen molar-refractivity contribution in [2.75, 3.05) is 0 Å². The minimum absolute atomic E-state index is 0.657. The van der Waals surface area contributed by atoms with Crippen LogP contribution in [0.5, 0.6) is 0 Å². The minimum atomic E-state index is 0.657. The summed E-state index contributed by atoms with van der Waals surface area (Å²) in [5.74, 6) is 0.657. The van der Waals surface area contributed by atoms with Crippen molar-refractivity contribution in [3.8, 4) is 22.3 Å². The van der Waals surface area contributed by atoms with Crippen molar-refractivity contribution in [2.45, 2.75) is 20.3 Å². The maximum Gasteiger partial charge on any atom is -0.0103 e. The molecule has 3 rings (SSSR count). The van der Waals surface area contributed by atoms with E-state index >= 15 is 0 Å². The molecule has 0 heterocycles. The van der Waals surface area contributed by atoms with Crippen LogP contribution in [0.15, 0.2) is 78.9 Å². The topological polar surface area (TPSA) is 0 Å². The first kappa shape index (κ1) is 14.6. The Bertz CT molecular complexity index is 739. The average molecular weight is 286 g/mol. The molecule has 0 N–H and O–H groups in total. The van der Waals surface area contributed by atoms with Crippen LogP contribution < -0.4 is 0 Å². The molecule has 0 spiro atoms. The zero-order valence-corrected chi connectivity index (χ0v) is 13.3. The van der Waals surface area contributed by atoms with Gasteiger partial charge in [-0.2, -0.15) is 0 Å². The molecule has 0 atom stereocenters. The van der Waals surface area contributed by atoms with Gasteiger partial charge in [0.25, 0.3) is 0 Å². The molecule has 0 aliphatic rings. The zero-order chi connectivity index (χ0) is 15.4. The Morgan fingerprint density at radius 3 is 1.82 bits per heavy atom. The molecule has 0 nitrogen and oxygen atoms in total. The Hall–Kier alpha value is -2.34. The summed E-state index contributed by atoms with van der Waals surface area (Å²) in [6.45, 7) is 4.56. The molecule has 110 valence electrons. The normalized spacial score (nSPS) is 10.9. The molecular formula is C22H22. The van der Waals surface area contributed by atoms with Gasteiger partial charge in [-0.05, 0) is 40.2 Å². The smallest absolute Gasteiger partial charge is 0.0103 e. The van der Waals surface area contributed by atoms with Crippen LogP contribution >= 0.6 is 0 Å². The summed E-state index contributed by atoms with van der Waals surface area (Å²) >= 11 is 0. The second kappa shape index (κ2) is 6.62. The second-order valence-corrected chi connectivity index (χ2v) is 6.17. The molecule has 0 saturated carbocycles. The van der Waals surface area contributed by atoms with Crippen LogP contribution in [0.3, 0.4) is 0 Å².